The molecule has 0 bridgehead atoms. The number of hydrogen-bond acceptors (Lipinski definition) is 2. The topological polar surface area (TPSA) is 22.1 Å². The van der Waals surface area contributed by atoms with Gasteiger partial charge in [-0.3, -0.25) is 0 Å². The van der Waals surface area contributed by atoms with Crippen molar-refractivity contribution in [1.29, 1.82) is 0 Å². The molecule has 0 aliphatic carbocycles. The van der Waals surface area contributed by atoms with Crippen LogP contribution in [0.4, 0.5) is 4.39 Å². The molecule has 1 aromatic heterocycles. The fourth-order valence-corrected chi connectivity index (χ4v) is 2.15. The van der Waals surface area contributed by atoms with Gasteiger partial charge in [0, 0.05) is 6.42 Å². The fourth-order valence-electron chi connectivity index (χ4n) is 1.60. The minimum atomic E-state index is -1.39. The summed E-state index contributed by atoms with van der Waals surface area (Å²) in [6.07, 6.45) is 0.399. The van der Waals surface area contributed by atoms with E-state index >= 15 is 0 Å². The Morgan fingerprint density at radius 2 is 2.36 bits per heavy atom. The number of pyridine rings is 1. The highest BCUT2D eigenvalue weighted by Crippen LogP contribution is 2.34. The Hall–Kier alpha value is -0.480. The maximum atomic E-state index is 14.2. The summed E-state index contributed by atoms with van der Waals surface area (Å²) in [4.78, 5) is 4.15. The number of rotatable bonds is 1. The lowest BCUT2D eigenvalue weighted by Gasteiger charge is -2.17. The predicted octanol–water partition coefficient (Wildman–Crippen LogP) is 2.74. The Bertz CT molecular complexity index is 330. The minimum Gasteiger partial charge on any atom is -0.378 e. The van der Waals surface area contributed by atoms with Crippen molar-refractivity contribution in [3.8, 4) is 0 Å². The molecule has 2 heterocycles. The average molecular weight is 260 g/mol. The highest BCUT2D eigenvalue weighted by atomic mass is 79.9. The van der Waals surface area contributed by atoms with Crippen molar-refractivity contribution in [2.45, 2.75) is 19.0 Å². The average Bonchev–Trinajstić information content (AvgIpc) is 2.52. The molecule has 1 atom stereocenters. The van der Waals surface area contributed by atoms with Crippen LogP contribution >= 0.6 is 15.9 Å². The van der Waals surface area contributed by atoms with E-state index in [1.807, 2.05) is 13.0 Å². The minimum absolute atomic E-state index is 0.121. The Labute approximate surface area is 90.6 Å². The zero-order valence-electron chi connectivity index (χ0n) is 7.89. The highest BCUT2D eigenvalue weighted by molar-refractivity contribution is 9.10. The van der Waals surface area contributed by atoms with E-state index in [9.17, 15) is 4.39 Å². The Morgan fingerprint density at radius 1 is 1.57 bits per heavy atom. The van der Waals surface area contributed by atoms with E-state index in [0.29, 0.717) is 23.3 Å². The van der Waals surface area contributed by atoms with Gasteiger partial charge in [0.15, 0.2) is 5.67 Å². The molecule has 1 aromatic rings. The molecule has 1 aliphatic rings. The first-order valence-electron chi connectivity index (χ1n) is 4.51. The molecule has 14 heavy (non-hydrogen) atoms. The summed E-state index contributed by atoms with van der Waals surface area (Å²) in [6.45, 7) is 2.52. The second kappa shape index (κ2) is 3.59. The molecule has 1 unspecified atom stereocenters. The van der Waals surface area contributed by atoms with E-state index in [0.717, 1.165) is 5.56 Å². The fraction of sp³-hybridized carbons (Fsp3) is 0.500. The molecular formula is C10H11BrFNO. The summed E-state index contributed by atoms with van der Waals surface area (Å²) >= 11 is 3.27. The lowest BCUT2D eigenvalue weighted by Crippen LogP contribution is -2.21. The molecule has 0 amide bonds. The standard InChI is InChI=1S/C10H11BrFNO/c1-7-4-8(13-9(11)5-7)10(12)2-3-14-6-10/h4-5H,2-3,6H2,1H3. The van der Waals surface area contributed by atoms with Gasteiger partial charge in [0.1, 0.15) is 4.60 Å². The maximum absolute atomic E-state index is 14.2. The van der Waals surface area contributed by atoms with Gasteiger partial charge in [-0.15, -0.1) is 0 Å². The molecule has 0 saturated carbocycles. The van der Waals surface area contributed by atoms with Crippen LogP contribution in [-0.4, -0.2) is 18.2 Å². The van der Waals surface area contributed by atoms with Crippen LogP contribution in [0.25, 0.3) is 0 Å². The van der Waals surface area contributed by atoms with Crippen molar-refractivity contribution in [1.82, 2.24) is 4.98 Å². The van der Waals surface area contributed by atoms with E-state index in [1.54, 1.807) is 6.07 Å². The van der Waals surface area contributed by atoms with E-state index in [-0.39, 0.29) is 6.61 Å². The zero-order valence-corrected chi connectivity index (χ0v) is 9.47. The first-order valence-corrected chi connectivity index (χ1v) is 5.31. The molecule has 0 N–H and O–H groups in total. The van der Waals surface area contributed by atoms with Crippen molar-refractivity contribution < 1.29 is 9.13 Å². The second-order valence-electron chi connectivity index (χ2n) is 3.62. The summed E-state index contributed by atoms with van der Waals surface area (Å²) in [5.41, 5.74) is 0.0850. The quantitative estimate of drug-likeness (QED) is 0.724. The van der Waals surface area contributed by atoms with Gasteiger partial charge in [0.2, 0.25) is 0 Å². The first kappa shape index (κ1) is 10.1. The Balaban J connectivity index is 2.40. The van der Waals surface area contributed by atoms with Gasteiger partial charge in [-0.25, -0.2) is 9.37 Å². The monoisotopic (exact) mass is 259 g/mol. The van der Waals surface area contributed by atoms with Crippen LogP contribution in [0.5, 0.6) is 0 Å². The van der Waals surface area contributed by atoms with Crippen LogP contribution in [-0.2, 0) is 10.4 Å². The molecule has 1 fully saturated rings. The van der Waals surface area contributed by atoms with Crippen molar-refractivity contribution >= 4 is 15.9 Å². The number of aromatic nitrogens is 1. The molecule has 76 valence electrons. The molecule has 4 heteroatoms. The normalized spacial score (nSPS) is 26.8. The lowest BCUT2D eigenvalue weighted by molar-refractivity contribution is 0.108. The summed E-state index contributed by atoms with van der Waals surface area (Å²) in [7, 11) is 0. The second-order valence-corrected chi connectivity index (χ2v) is 4.43. The summed E-state index contributed by atoms with van der Waals surface area (Å²) in [5.74, 6) is 0. The van der Waals surface area contributed by atoms with E-state index in [4.69, 9.17) is 4.74 Å². The molecular weight excluding hydrogens is 249 g/mol. The SMILES string of the molecule is Cc1cc(Br)nc(C2(F)CCOC2)c1. The number of alkyl halides is 1. The highest BCUT2D eigenvalue weighted by Gasteiger charge is 2.38. The van der Waals surface area contributed by atoms with Crippen molar-refractivity contribution in [3.63, 3.8) is 0 Å². The lowest BCUT2D eigenvalue weighted by atomic mass is 9.99. The third-order valence-corrected chi connectivity index (χ3v) is 2.78. The van der Waals surface area contributed by atoms with Crippen molar-refractivity contribution in [2.75, 3.05) is 13.2 Å². The maximum Gasteiger partial charge on any atom is 0.178 e. The van der Waals surface area contributed by atoms with Gasteiger partial charge < -0.3 is 4.74 Å². The van der Waals surface area contributed by atoms with E-state index < -0.39 is 5.67 Å². The summed E-state index contributed by atoms with van der Waals surface area (Å²) in [6, 6.07) is 3.64. The zero-order chi connectivity index (χ0) is 10.2. The van der Waals surface area contributed by atoms with Crippen LogP contribution < -0.4 is 0 Å². The summed E-state index contributed by atoms with van der Waals surface area (Å²) in [5, 5.41) is 0. The van der Waals surface area contributed by atoms with Crippen LogP contribution in [0.1, 0.15) is 17.7 Å². The van der Waals surface area contributed by atoms with Crippen molar-refractivity contribution in [3.05, 3.63) is 28.0 Å². The number of nitrogens with zero attached hydrogens (tertiary/aromatic N) is 1. The first-order chi connectivity index (χ1) is 6.60. The number of ether oxygens (including phenoxy) is 1. The number of halogens is 2. The van der Waals surface area contributed by atoms with E-state index in [2.05, 4.69) is 20.9 Å². The van der Waals surface area contributed by atoms with Gasteiger partial charge in [-0.2, -0.15) is 0 Å². The van der Waals surface area contributed by atoms with E-state index in [1.165, 1.54) is 0 Å². The molecule has 0 radical (unpaired) electrons. The van der Waals surface area contributed by atoms with Gasteiger partial charge in [-0.1, -0.05) is 0 Å². The third kappa shape index (κ3) is 1.81. The predicted molar refractivity (Wildman–Crippen MR) is 54.9 cm³/mol. The smallest absolute Gasteiger partial charge is 0.178 e. The molecule has 2 nitrogen and oxygen atoms in total. The van der Waals surface area contributed by atoms with Crippen molar-refractivity contribution in [2.24, 2.45) is 0 Å². The number of hydrogen-bond donors (Lipinski definition) is 0. The van der Waals surface area contributed by atoms with Crippen LogP contribution in [0, 0.1) is 6.92 Å². The van der Waals surface area contributed by atoms with Crippen LogP contribution in [0.15, 0.2) is 16.7 Å². The Kier molecular flexibility index (Phi) is 2.58. The summed E-state index contributed by atoms with van der Waals surface area (Å²) < 4.78 is 19.9. The van der Waals surface area contributed by atoms with Gasteiger partial charge in [0.25, 0.3) is 0 Å². The molecule has 1 saturated heterocycles. The van der Waals surface area contributed by atoms with Gasteiger partial charge in [-0.05, 0) is 40.5 Å². The number of aryl methyl sites for hydroxylation is 1. The largest absolute Gasteiger partial charge is 0.378 e. The molecule has 0 spiro atoms. The van der Waals surface area contributed by atoms with Crippen LogP contribution in [0.3, 0.4) is 0 Å². The van der Waals surface area contributed by atoms with Crippen LogP contribution in [0.2, 0.25) is 0 Å². The van der Waals surface area contributed by atoms with Gasteiger partial charge in [0.05, 0.1) is 18.9 Å². The third-order valence-electron chi connectivity index (χ3n) is 2.37. The molecule has 0 aromatic carbocycles. The molecule has 1 aliphatic heterocycles. The van der Waals surface area contributed by atoms with Gasteiger partial charge >= 0.3 is 0 Å². The molecule has 2 rings (SSSR count). The Morgan fingerprint density at radius 3 is 2.93 bits per heavy atom.